The summed E-state index contributed by atoms with van der Waals surface area (Å²) in [5.74, 6) is 0.573. The molecule has 1 aliphatic carbocycles. The molecule has 0 amide bonds. The predicted molar refractivity (Wildman–Crippen MR) is 66.7 cm³/mol. The molecule has 0 N–H and O–H groups in total. The van der Waals surface area contributed by atoms with Crippen molar-refractivity contribution in [3.05, 3.63) is 29.6 Å². The first-order chi connectivity index (χ1) is 8.21. The summed E-state index contributed by atoms with van der Waals surface area (Å²) in [5, 5.41) is 8.87. The lowest BCUT2D eigenvalue weighted by Crippen LogP contribution is -2.37. The van der Waals surface area contributed by atoms with Crippen molar-refractivity contribution in [3.63, 3.8) is 0 Å². The maximum absolute atomic E-state index is 13.3. The van der Waals surface area contributed by atoms with Crippen LogP contribution in [-0.4, -0.2) is 12.4 Å². The van der Waals surface area contributed by atoms with E-state index in [0.717, 1.165) is 18.6 Å². The third kappa shape index (κ3) is 2.39. The number of benzene rings is 1. The highest BCUT2D eigenvalue weighted by atomic mass is 32.1. The van der Waals surface area contributed by atoms with Gasteiger partial charge in [-0.1, -0.05) is 12.5 Å². The van der Waals surface area contributed by atoms with E-state index < -0.39 is 5.82 Å². The summed E-state index contributed by atoms with van der Waals surface area (Å²) in [6.07, 6.45) is 3.37. The summed E-state index contributed by atoms with van der Waals surface area (Å²) in [4.78, 5) is 0. The fourth-order valence-electron chi connectivity index (χ4n) is 1.99. The van der Waals surface area contributed by atoms with Crippen molar-refractivity contribution in [1.29, 1.82) is 5.26 Å². The highest BCUT2D eigenvalue weighted by molar-refractivity contribution is 7.80. The van der Waals surface area contributed by atoms with Gasteiger partial charge in [0.15, 0.2) is 0 Å². The van der Waals surface area contributed by atoms with Gasteiger partial charge in [0.25, 0.3) is 0 Å². The third-order valence-electron chi connectivity index (χ3n) is 3.37. The van der Waals surface area contributed by atoms with Gasteiger partial charge in [0.2, 0.25) is 0 Å². The van der Waals surface area contributed by atoms with E-state index in [1.54, 1.807) is 12.1 Å². The van der Waals surface area contributed by atoms with Crippen molar-refractivity contribution in [3.8, 4) is 11.8 Å². The number of nitriles is 1. The lowest BCUT2D eigenvalue weighted by Gasteiger charge is -2.40. The molecule has 1 saturated carbocycles. The number of thiol groups is 1. The monoisotopic (exact) mass is 251 g/mol. The molecule has 1 fully saturated rings. The number of ether oxygens (including phenoxy) is 1. The van der Waals surface area contributed by atoms with Crippen LogP contribution in [0.1, 0.15) is 24.8 Å². The van der Waals surface area contributed by atoms with Gasteiger partial charge in [0.05, 0.1) is 6.61 Å². The molecule has 1 aromatic carbocycles. The van der Waals surface area contributed by atoms with Crippen LogP contribution in [0.2, 0.25) is 0 Å². The van der Waals surface area contributed by atoms with E-state index in [1.807, 2.05) is 6.07 Å². The molecule has 0 atom stereocenters. The van der Waals surface area contributed by atoms with E-state index in [2.05, 4.69) is 12.6 Å². The molecular weight excluding hydrogens is 237 g/mol. The Morgan fingerprint density at radius 2 is 2.24 bits per heavy atom. The highest BCUT2D eigenvalue weighted by Gasteiger charge is 2.36. The minimum absolute atomic E-state index is 0.0128. The molecular formula is C13H14FNOS. The van der Waals surface area contributed by atoms with Crippen LogP contribution in [0, 0.1) is 22.6 Å². The van der Waals surface area contributed by atoms with E-state index in [4.69, 9.17) is 10.00 Å². The van der Waals surface area contributed by atoms with Gasteiger partial charge in [-0.3, -0.25) is 0 Å². The molecule has 1 aliphatic rings. The Balaban J connectivity index is 2.09. The molecule has 0 unspecified atom stereocenters. The van der Waals surface area contributed by atoms with E-state index >= 15 is 0 Å². The second kappa shape index (κ2) is 4.97. The van der Waals surface area contributed by atoms with E-state index in [-0.39, 0.29) is 11.0 Å². The molecule has 0 aromatic heterocycles. The molecule has 17 heavy (non-hydrogen) atoms. The fourth-order valence-corrected chi connectivity index (χ4v) is 2.40. The Bertz CT molecular complexity index is 446. The molecule has 0 saturated heterocycles. The van der Waals surface area contributed by atoms with Crippen molar-refractivity contribution in [2.45, 2.75) is 19.3 Å². The molecule has 0 spiro atoms. The second-order valence-electron chi connectivity index (χ2n) is 4.53. The molecule has 0 bridgehead atoms. The average molecular weight is 251 g/mol. The third-order valence-corrected chi connectivity index (χ3v) is 4.04. The largest absolute Gasteiger partial charge is 0.491 e. The fraction of sp³-hybridized carbons (Fsp3) is 0.462. The van der Waals surface area contributed by atoms with Crippen LogP contribution < -0.4 is 4.74 Å². The van der Waals surface area contributed by atoms with Gasteiger partial charge in [-0.2, -0.15) is 17.9 Å². The normalized spacial score (nSPS) is 17.0. The average Bonchev–Trinajstić information content (AvgIpc) is 2.28. The topological polar surface area (TPSA) is 33.0 Å². The van der Waals surface area contributed by atoms with Crippen LogP contribution in [0.25, 0.3) is 0 Å². The Morgan fingerprint density at radius 3 is 2.76 bits per heavy atom. The first-order valence-electron chi connectivity index (χ1n) is 5.63. The number of nitrogens with zero attached hydrogens (tertiary/aromatic N) is 1. The van der Waals surface area contributed by atoms with E-state index in [9.17, 15) is 4.39 Å². The molecule has 0 radical (unpaired) electrons. The number of halogens is 1. The molecule has 4 heteroatoms. The lowest BCUT2D eigenvalue weighted by molar-refractivity contribution is 0.0826. The van der Waals surface area contributed by atoms with Gasteiger partial charge in [0, 0.05) is 5.41 Å². The van der Waals surface area contributed by atoms with E-state index in [0.29, 0.717) is 12.4 Å². The van der Waals surface area contributed by atoms with Crippen LogP contribution in [0.15, 0.2) is 18.2 Å². The quantitative estimate of drug-likeness (QED) is 0.834. The number of hydrogen-bond donors (Lipinski definition) is 1. The molecule has 90 valence electrons. The Labute approximate surface area is 106 Å². The maximum atomic E-state index is 13.3. The minimum atomic E-state index is -0.529. The summed E-state index contributed by atoms with van der Waals surface area (Å²) in [6, 6.07) is 6.29. The van der Waals surface area contributed by atoms with Crippen LogP contribution in [0.3, 0.4) is 0 Å². The van der Waals surface area contributed by atoms with Gasteiger partial charge in [-0.15, -0.1) is 0 Å². The molecule has 0 aliphatic heterocycles. The smallest absolute Gasteiger partial charge is 0.144 e. The van der Waals surface area contributed by atoms with Crippen LogP contribution in [0.5, 0.6) is 5.75 Å². The Kier molecular flexibility index (Phi) is 3.58. The van der Waals surface area contributed by atoms with Crippen molar-refractivity contribution in [1.82, 2.24) is 0 Å². The zero-order valence-electron chi connectivity index (χ0n) is 9.45. The standard InChI is InChI=1S/C13H14FNOS/c14-11-3-1-4-12(10(11)7-15)16-8-13(9-17)5-2-6-13/h1,3-4,17H,2,5-6,8-9H2. The van der Waals surface area contributed by atoms with Crippen molar-refractivity contribution < 1.29 is 9.13 Å². The predicted octanol–water partition coefficient (Wildman–Crippen LogP) is 3.18. The molecule has 0 heterocycles. The summed E-state index contributed by atoms with van der Waals surface area (Å²) in [7, 11) is 0. The van der Waals surface area contributed by atoms with Gasteiger partial charge in [-0.05, 0) is 30.7 Å². The number of rotatable bonds is 4. The van der Waals surface area contributed by atoms with Crippen molar-refractivity contribution in [2.24, 2.45) is 5.41 Å². The molecule has 1 aromatic rings. The highest BCUT2D eigenvalue weighted by Crippen LogP contribution is 2.42. The van der Waals surface area contributed by atoms with Crippen LogP contribution in [0.4, 0.5) is 4.39 Å². The van der Waals surface area contributed by atoms with Gasteiger partial charge in [-0.25, -0.2) is 4.39 Å². The van der Waals surface area contributed by atoms with Crippen molar-refractivity contribution >= 4 is 12.6 Å². The first kappa shape index (κ1) is 12.3. The van der Waals surface area contributed by atoms with Crippen LogP contribution >= 0.6 is 12.6 Å². The number of hydrogen-bond acceptors (Lipinski definition) is 3. The van der Waals surface area contributed by atoms with Crippen LogP contribution in [-0.2, 0) is 0 Å². The van der Waals surface area contributed by atoms with Gasteiger partial charge >= 0.3 is 0 Å². The Hall–Kier alpha value is -1.21. The molecule has 2 nitrogen and oxygen atoms in total. The SMILES string of the molecule is N#Cc1c(F)cccc1OCC1(CS)CCC1. The summed E-state index contributed by atoms with van der Waals surface area (Å²) in [6.45, 7) is 0.509. The van der Waals surface area contributed by atoms with Crippen molar-refractivity contribution in [2.75, 3.05) is 12.4 Å². The Morgan fingerprint density at radius 1 is 1.47 bits per heavy atom. The zero-order chi connectivity index (χ0) is 12.3. The summed E-state index contributed by atoms with van der Waals surface area (Å²) in [5.41, 5.74) is 0.100. The van der Waals surface area contributed by atoms with E-state index in [1.165, 1.54) is 12.5 Å². The summed E-state index contributed by atoms with van der Waals surface area (Å²) >= 11 is 4.33. The lowest BCUT2D eigenvalue weighted by atomic mass is 9.71. The first-order valence-corrected chi connectivity index (χ1v) is 6.26. The molecule has 2 rings (SSSR count). The maximum Gasteiger partial charge on any atom is 0.144 e. The second-order valence-corrected chi connectivity index (χ2v) is 4.84. The zero-order valence-corrected chi connectivity index (χ0v) is 10.3. The van der Waals surface area contributed by atoms with Gasteiger partial charge < -0.3 is 4.74 Å². The van der Waals surface area contributed by atoms with Gasteiger partial charge in [0.1, 0.15) is 23.2 Å². The minimum Gasteiger partial charge on any atom is -0.491 e. The summed E-state index contributed by atoms with van der Waals surface area (Å²) < 4.78 is 18.9.